The van der Waals surface area contributed by atoms with Crippen LogP contribution in [0.3, 0.4) is 0 Å². The summed E-state index contributed by atoms with van der Waals surface area (Å²) in [7, 11) is -4.68. The maximum atomic E-state index is 12.8. The number of para-hydroxylation sites is 1. The van der Waals surface area contributed by atoms with Crippen LogP contribution in [0.2, 0.25) is 0 Å². The van der Waals surface area contributed by atoms with E-state index in [9.17, 15) is 17.1 Å². The number of nitrogens with zero attached hydrogens (tertiary/aromatic N) is 1. The van der Waals surface area contributed by atoms with E-state index in [1.165, 1.54) is 18.3 Å². The lowest BCUT2D eigenvalue weighted by molar-refractivity contribution is 0.262. The van der Waals surface area contributed by atoms with Gasteiger partial charge in [-0.3, -0.25) is 4.98 Å². The van der Waals surface area contributed by atoms with Crippen molar-refractivity contribution in [3.05, 3.63) is 54.4 Å². The van der Waals surface area contributed by atoms with E-state index in [2.05, 4.69) is 15.6 Å². The smallest absolute Gasteiger partial charge is 0.307 e. The van der Waals surface area contributed by atoms with Gasteiger partial charge in [-0.05, 0) is 23.8 Å². The van der Waals surface area contributed by atoms with Crippen LogP contribution in [-0.4, -0.2) is 19.4 Å². The molecule has 2 amide bonds. The van der Waals surface area contributed by atoms with E-state index < -0.39 is 22.0 Å². The second-order valence-corrected chi connectivity index (χ2v) is 5.53. The Labute approximate surface area is 121 Å². The molecule has 0 fully saturated rings. The fourth-order valence-electron chi connectivity index (χ4n) is 1.68. The molecule has 0 aliphatic heterocycles. The van der Waals surface area contributed by atoms with E-state index in [1.807, 2.05) is 0 Å². The molecule has 1 aromatic carbocycles. The van der Waals surface area contributed by atoms with Gasteiger partial charge in [-0.1, -0.05) is 18.2 Å². The third-order valence-corrected chi connectivity index (χ3v) is 3.17. The topological polar surface area (TPSA) is 88.2 Å². The number of benzene rings is 1. The zero-order valence-corrected chi connectivity index (χ0v) is 11.6. The maximum Gasteiger partial charge on any atom is 0.323 e. The summed E-state index contributed by atoms with van der Waals surface area (Å²) in [5.41, 5.74) is 0.868. The molecule has 0 aliphatic rings. The molecule has 110 valence electrons. The number of hydrogen-bond donors (Lipinski definition) is 2. The van der Waals surface area contributed by atoms with Crippen molar-refractivity contribution in [1.29, 1.82) is 0 Å². The first kappa shape index (κ1) is 14.9. The average molecular weight is 309 g/mol. The van der Waals surface area contributed by atoms with Gasteiger partial charge in [-0.2, -0.15) is 8.42 Å². The van der Waals surface area contributed by atoms with Gasteiger partial charge in [0, 0.05) is 11.9 Å². The SMILES string of the molecule is O=C(Nc1cccnc1)Nc1ccccc1CS(=O)(=O)F. The molecular weight excluding hydrogens is 297 g/mol. The molecule has 1 aromatic heterocycles. The minimum atomic E-state index is -4.68. The number of hydrogen-bond acceptors (Lipinski definition) is 4. The third-order valence-electron chi connectivity index (χ3n) is 2.51. The standard InChI is InChI=1S/C13H12FN3O3S/c14-21(19,20)9-10-4-1-2-6-12(10)17-13(18)16-11-5-3-7-15-8-11/h1-8H,9H2,(H2,16,17,18). The Bertz CT molecular complexity index is 735. The second kappa shape index (κ2) is 6.31. The van der Waals surface area contributed by atoms with Gasteiger partial charge < -0.3 is 10.6 Å². The first-order chi connectivity index (χ1) is 9.94. The van der Waals surface area contributed by atoms with Crippen LogP contribution in [0, 0.1) is 0 Å². The largest absolute Gasteiger partial charge is 0.323 e. The van der Waals surface area contributed by atoms with Crippen molar-refractivity contribution >= 4 is 27.6 Å². The summed E-state index contributed by atoms with van der Waals surface area (Å²) in [4.78, 5) is 15.6. The number of urea groups is 1. The first-order valence-corrected chi connectivity index (χ1v) is 7.47. The highest BCUT2D eigenvalue weighted by Gasteiger charge is 2.13. The van der Waals surface area contributed by atoms with E-state index in [-0.39, 0.29) is 11.3 Å². The summed E-state index contributed by atoms with van der Waals surface area (Å²) >= 11 is 0. The number of anilines is 2. The molecule has 2 aromatic rings. The summed E-state index contributed by atoms with van der Waals surface area (Å²) in [5, 5.41) is 5.00. The van der Waals surface area contributed by atoms with Gasteiger partial charge in [-0.15, -0.1) is 3.89 Å². The molecule has 0 bridgehead atoms. The van der Waals surface area contributed by atoms with Crippen LogP contribution in [0.15, 0.2) is 48.8 Å². The molecule has 0 saturated heterocycles. The van der Waals surface area contributed by atoms with Crippen LogP contribution in [-0.2, 0) is 16.0 Å². The van der Waals surface area contributed by atoms with Gasteiger partial charge >= 0.3 is 16.3 Å². The zero-order chi connectivity index (χ0) is 15.3. The number of nitrogens with one attached hydrogen (secondary N) is 2. The van der Waals surface area contributed by atoms with Crippen molar-refractivity contribution in [3.8, 4) is 0 Å². The van der Waals surface area contributed by atoms with Crippen molar-refractivity contribution in [3.63, 3.8) is 0 Å². The minimum absolute atomic E-state index is 0.168. The van der Waals surface area contributed by atoms with Crippen LogP contribution >= 0.6 is 0 Å². The van der Waals surface area contributed by atoms with E-state index in [0.29, 0.717) is 5.69 Å². The van der Waals surface area contributed by atoms with E-state index in [4.69, 9.17) is 0 Å². The van der Waals surface area contributed by atoms with Gasteiger partial charge in [0.1, 0.15) is 5.75 Å². The Hall–Kier alpha value is -2.48. The molecule has 8 heteroatoms. The van der Waals surface area contributed by atoms with E-state index >= 15 is 0 Å². The second-order valence-electron chi connectivity index (χ2n) is 4.16. The van der Waals surface area contributed by atoms with Crippen molar-refractivity contribution in [2.45, 2.75) is 5.75 Å². The Morgan fingerprint density at radius 2 is 1.90 bits per heavy atom. The Morgan fingerprint density at radius 1 is 1.14 bits per heavy atom. The van der Waals surface area contributed by atoms with Crippen LogP contribution in [0.25, 0.3) is 0 Å². The molecule has 21 heavy (non-hydrogen) atoms. The van der Waals surface area contributed by atoms with Crippen LogP contribution in [0.4, 0.5) is 20.1 Å². The number of carbonyl (C=O) groups is 1. The van der Waals surface area contributed by atoms with Crippen LogP contribution in [0.1, 0.15) is 5.56 Å². The number of aromatic nitrogens is 1. The fourth-order valence-corrected chi connectivity index (χ4v) is 2.30. The van der Waals surface area contributed by atoms with E-state index in [1.54, 1.807) is 30.5 Å². The van der Waals surface area contributed by atoms with Crippen molar-refractivity contribution in [2.75, 3.05) is 10.6 Å². The lowest BCUT2D eigenvalue weighted by atomic mass is 10.2. The van der Waals surface area contributed by atoms with Gasteiger partial charge in [0.15, 0.2) is 0 Å². The maximum absolute atomic E-state index is 12.8. The Morgan fingerprint density at radius 3 is 2.57 bits per heavy atom. The fraction of sp³-hybridized carbons (Fsp3) is 0.0769. The van der Waals surface area contributed by atoms with Crippen molar-refractivity contribution < 1.29 is 17.1 Å². The molecule has 0 saturated carbocycles. The number of pyridine rings is 1. The quantitative estimate of drug-likeness (QED) is 0.849. The lowest BCUT2D eigenvalue weighted by Crippen LogP contribution is -2.20. The van der Waals surface area contributed by atoms with Crippen molar-refractivity contribution in [1.82, 2.24) is 4.98 Å². The summed E-state index contributed by atoms with van der Waals surface area (Å²) in [6.07, 6.45) is 3.02. The normalized spacial score (nSPS) is 10.9. The molecule has 6 nitrogen and oxygen atoms in total. The molecule has 0 spiro atoms. The molecule has 0 unspecified atom stereocenters. The summed E-state index contributed by atoms with van der Waals surface area (Å²) in [5.74, 6) is -0.795. The number of carbonyl (C=O) groups excluding carboxylic acids is 1. The summed E-state index contributed by atoms with van der Waals surface area (Å²) in [6, 6.07) is 8.80. The first-order valence-electron chi connectivity index (χ1n) is 5.92. The predicted octanol–water partition coefficient (Wildman–Crippen LogP) is 2.52. The number of halogens is 1. The number of amides is 2. The summed E-state index contributed by atoms with van der Waals surface area (Å²) in [6.45, 7) is 0. The number of rotatable bonds is 4. The zero-order valence-electron chi connectivity index (χ0n) is 10.8. The van der Waals surface area contributed by atoms with Gasteiger partial charge in [0.2, 0.25) is 0 Å². The highest BCUT2D eigenvalue weighted by molar-refractivity contribution is 7.85. The molecule has 1 heterocycles. The summed E-state index contributed by atoms with van der Waals surface area (Å²) < 4.78 is 34.2. The monoisotopic (exact) mass is 309 g/mol. The van der Waals surface area contributed by atoms with Crippen LogP contribution < -0.4 is 10.6 Å². The van der Waals surface area contributed by atoms with E-state index in [0.717, 1.165) is 0 Å². The van der Waals surface area contributed by atoms with Gasteiger partial charge in [0.25, 0.3) is 0 Å². The molecule has 0 aliphatic carbocycles. The molecule has 2 N–H and O–H groups in total. The van der Waals surface area contributed by atoms with Crippen molar-refractivity contribution in [2.24, 2.45) is 0 Å². The molecular formula is C13H12FN3O3S. The average Bonchev–Trinajstić information content (AvgIpc) is 2.40. The van der Waals surface area contributed by atoms with Crippen LogP contribution in [0.5, 0.6) is 0 Å². The predicted molar refractivity (Wildman–Crippen MR) is 77.1 cm³/mol. The minimum Gasteiger partial charge on any atom is -0.307 e. The van der Waals surface area contributed by atoms with Gasteiger partial charge in [-0.25, -0.2) is 4.79 Å². The third kappa shape index (κ3) is 4.84. The molecule has 0 atom stereocenters. The Kier molecular flexibility index (Phi) is 4.49. The molecule has 2 rings (SSSR count). The van der Waals surface area contributed by atoms with Gasteiger partial charge in [0.05, 0.1) is 11.9 Å². The highest BCUT2D eigenvalue weighted by Crippen LogP contribution is 2.19. The highest BCUT2D eigenvalue weighted by atomic mass is 32.3. The molecule has 0 radical (unpaired) electrons. The Balaban J connectivity index is 2.11. The lowest BCUT2D eigenvalue weighted by Gasteiger charge is -2.10.